The number of nitrogens with zero attached hydrogens (tertiary/aromatic N) is 1. The van der Waals surface area contributed by atoms with Crippen molar-refractivity contribution < 1.29 is 0 Å². The number of nitrogens with one attached hydrogen (secondary N) is 1. The van der Waals surface area contributed by atoms with Crippen molar-refractivity contribution in [2.75, 3.05) is 6.54 Å². The van der Waals surface area contributed by atoms with Gasteiger partial charge in [-0.15, -0.1) is 11.3 Å². The minimum atomic E-state index is 0.229. The lowest BCUT2D eigenvalue weighted by Crippen LogP contribution is -2.39. The van der Waals surface area contributed by atoms with Gasteiger partial charge in [0.05, 0.1) is 11.2 Å². The van der Waals surface area contributed by atoms with E-state index in [0.717, 1.165) is 12.5 Å². The molecule has 1 aromatic rings. The summed E-state index contributed by atoms with van der Waals surface area (Å²) in [4.78, 5) is 5.79. The number of hydrogen-bond acceptors (Lipinski definition) is 3. The molecule has 0 aliphatic carbocycles. The zero-order valence-corrected chi connectivity index (χ0v) is 13.4. The second-order valence-electron chi connectivity index (χ2n) is 6.19. The summed E-state index contributed by atoms with van der Waals surface area (Å²) in [5.41, 5.74) is 3.42. The summed E-state index contributed by atoms with van der Waals surface area (Å²) in [5, 5.41) is 3.64. The van der Waals surface area contributed by atoms with Crippen LogP contribution in [0.15, 0.2) is 5.51 Å². The number of hydrogen-bond donors (Lipinski definition) is 1. The third kappa shape index (κ3) is 5.96. The quantitative estimate of drug-likeness (QED) is 0.802. The summed E-state index contributed by atoms with van der Waals surface area (Å²) < 4.78 is 0. The van der Waals surface area contributed by atoms with Crippen LogP contribution in [0.5, 0.6) is 0 Å². The largest absolute Gasteiger partial charge is 0.312 e. The van der Waals surface area contributed by atoms with Gasteiger partial charge in [0.1, 0.15) is 0 Å². The van der Waals surface area contributed by atoms with Crippen LogP contribution in [0.4, 0.5) is 0 Å². The summed E-state index contributed by atoms with van der Waals surface area (Å²) in [6, 6.07) is 0. The highest BCUT2D eigenvalue weighted by Crippen LogP contribution is 2.20. The fraction of sp³-hybridized carbons (Fsp3) is 0.800. The Morgan fingerprint density at radius 3 is 2.56 bits per heavy atom. The standard InChI is InChI=1S/C15H28N2S/c1-6-7-13(10-17-15(3,4)5)8-9-14-12(2)16-11-18-14/h11,13,17H,6-10H2,1-5H3. The van der Waals surface area contributed by atoms with Crippen molar-refractivity contribution in [2.45, 2.75) is 65.8 Å². The van der Waals surface area contributed by atoms with Crippen molar-refractivity contribution >= 4 is 11.3 Å². The van der Waals surface area contributed by atoms with Crippen molar-refractivity contribution in [3.8, 4) is 0 Å². The van der Waals surface area contributed by atoms with Crippen LogP contribution in [0.3, 0.4) is 0 Å². The number of aromatic nitrogens is 1. The molecule has 2 nitrogen and oxygen atoms in total. The lowest BCUT2D eigenvalue weighted by atomic mass is 9.96. The second kappa shape index (κ2) is 7.25. The highest BCUT2D eigenvalue weighted by atomic mass is 32.1. The number of rotatable bonds is 7. The summed E-state index contributed by atoms with van der Waals surface area (Å²) in [6.45, 7) is 12.3. The Morgan fingerprint density at radius 1 is 1.33 bits per heavy atom. The summed E-state index contributed by atoms with van der Waals surface area (Å²) in [7, 11) is 0. The van der Waals surface area contributed by atoms with Gasteiger partial charge in [0.2, 0.25) is 0 Å². The summed E-state index contributed by atoms with van der Waals surface area (Å²) in [5.74, 6) is 0.788. The molecule has 104 valence electrons. The van der Waals surface area contributed by atoms with Crippen LogP contribution in [0, 0.1) is 12.8 Å². The average molecular weight is 268 g/mol. The Morgan fingerprint density at radius 2 is 2.06 bits per heavy atom. The van der Waals surface area contributed by atoms with E-state index in [9.17, 15) is 0 Å². The van der Waals surface area contributed by atoms with E-state index >= 15 is 0 Å². The van der Waals surface area contributed by atoms with Crippen molar-refractivity contribution in [3.05, 3.63) is 16.1 Å². The molecular formula is C15H28N2S. The molecule has 18 heavy (non-hydrogen) atoms. The molecule has 0 radical (unpaired) electrons. The molecule has 0 fully saturated rings. The molecule has 1 atom stereocenters. The maximum atomic E-state index is 4.33. The van der Waals surface area contributed by atoms with E-state index in [4.69, 9.17) is 0 Å². The predicted molar refractivity (Wildman–Crippen MR) is 81.3 cm³/mol. The van der Waals surface area contributed by atoms with E-state index in [1.54, 1.807) is 11.3 Å². The zero-order valence-electron chi connectivity index (χ0n) is 12.5. The van der Waals surface area contributed by atoms with Crippen LogP contribution >= 0.6 is 11.3 Å². The SMILES string of the molecule is CCCC(CCc1scnc1C)CNC(C)(C)C. The third-order valence-corrected chi connectivity index (χ3v) is 4.24. The highest BCUT2D eigenvalue weighted by Gasteiger charge is 2.14. The minimum absolute atomic E-state index is 0.229. The topological polar surface area (TPSA) is 24.9 Å². The van der Waals surface area contributed by atoms with Crippen molar-refractivity contribution in [1.82, 2.24) is 10.3 Å². The van der Waals surface area contributed by atoms with Crippen LogP contribution < -0.4 is 5.32 Å². The van der Waals surface area contributed by atoms with E-state index in [0.29, 0.717) is 0 Å². The van der Waals surface area contributed by atoms with Crippen LogP contribution in [0.25, 0.3) is 0 Å². The van der Waals surface area contributed by atoms with Gasteiger partial charge in [-0.3, -0.25) is 0 Å². The van der Waals surface area contributed by atoms with Crippen LogP contribution in [0.1, 0.15) is 57.5 Å². The molecule has 1 N–H and O–H groups in total. The molecule has 1 rings (SSSR count). The average Bonchev–Trinajstić information content (AvgIpc) is 2.67. The molecule has 0 bridgehead atoms. The van der Waals surface area contributed by atoms with Gasteiger partial charge < -0.3 is 5.32 Å². The fourth-order valence-corrected chi connectivity index (χ4v) is 2.91. The molecule has 0 aliphatic heterocycles. The first-order chi connectivity index (χ1) is 8.42. The zero-order chi connectivity index (χ0) is 13.6. The van der Waals surface area contributed by atoms with Crippen molar-refractivity contribution in [2.24, 2.45) is 5.92 Å². The van der Waals surface area contributed by atoms with E-state index < -0.39 is 0 Å². The first-order valence-corrected chi connectivity index (χ1v) is 7.94. The molecule has 1 unspecified atom stereocenters. The van der Waals surface area contributed by atoms with Crippen molar-refractivity contribution in [1.29, 1.82) is 0 Å². The van der Waals surface area contributed by atoms with Gasteiger partial charge in [-0.25, -0.2) is 4.98 Å². The van der Waals surface area contributed by atoms with Crippen molar-refractivity contribution in [3.63, 3.8) is 0 Å². The molecule has 3 heteroatoms. The van der Waals surface area contributed by atoms with Gasteiger partial charge in [-0.2, -0.15) is 0 Å². The van der Waals surface area contributed by atoms with Gasteiger partial charge >= 0.3 is 0 Å². The Bertz CT molecular complexity index is 339. The lowest BCUT2D eigenvalue weighted by Gasteiger charge is -2.25. The molecule has 0 saturated carbocycles. The van der Waals surface area contributed by atoms with E-state index in [1.165, 1.54) is 36.3 Å². The van der Waals surface area contributed by atoms with Gasteiger partial charge in [0.25, 0.3) is 0 Å². The van der Waals surface area contributed by atoms with E-state index in [1.807, 2.05) is 5.51 Å². The van der Waals surface area contributed by atoms with Crippen LogP contribution in [0.2, 0.25) is 0 Å². The van der Waals surface area contributed by atoms with Gasteiger partial charge in [-0.05, 0) is 59.4 Å². The van der Waals surface area contributed by atoms with Crippen LogP contribution in [-0.2, 0) is 6.42 Å². The maximum Gasteiger partial charge on any atom is 0.0797 e. The summed E-state index contributed by atoms with van der Waals surface area (Å²) >= 11 is 1.80. The van der Waals surface area contributed by atoms with Gasteiger partial charge in [0.15, 0.2) is 0 Å². The van der Waals surface area contributed by atoms with E-state index in [2.05, 4.69) is 44.9 Å². The normalized spacial score (nSPS) is 13.8. The molecule has 1 aromatic heterocycles. The summed E-state index contributed by atoms with van der Waals surface area (Å²) in [6.07, 6.45) is 5.06. The first-order valence-electron chi connectivity index (χ1n) is 7.06. The smallest absolute Gasteiger partial charge is 0.0797 e. The molecule has 0 amide bonds. The first kappa shape index (κ1) is 15.6. The Balaban J connectivity index is 2.40. The lowest BCUT2D eigenvalue weighted by molar-refractivity contribution is 0.344. The van der Waals surface area contributed by atoms with Gasteiger partial charge in [-0.1, -0.05) is 13.3 Å². The van der Waals surface area contributed by atoms with Gasteiger partial charge in [0, 0.05) is 10.4 Å². The molecule has 0 spiro atoms. The second-order valence-corrected chi connectivity index (χ2v) is 7.12. The molecule has 0 aliphatic rings. The Hall–Kier alpha value is -0.410. The van der Waals surface area contributed by atoms with E-state index in [-0.39, 0.29) is 5.54 Å². The fourth-order valence-electron chi connectivity index (χ4n) is 2.11. The predicted octanol–water partition coefficient (Wildman–Crippen LogP) is 4.19. The Kier molecular flexibility index (Phi) is 6.30. The monoisotopic (exact) mass is 268 g/mol. The molecular weight excluding hydrogens is 240 g/mol. The molecule has 1 heterocycles. The minimum Gasteiger partial charge on any atom is -0.312 e. The Labute approximate surface area is 116 Å². The number of aryl methyl sites for hydroxylation is 2. The maximum absolute atomic E-state index is 4.33. The highest BCUT2D eigenvalue weighted by molar-refractivity contribution is 7.09. The number of thiazole rings is 1. The molecule has 0 aromatic carbocycles. The van der Waals surface area contributed by atoms with Crippen LogP contribution in [-0.4, -0.2) is 17.1 Å². The molecule has 0 saturated heterocycles. The third-order valence-electron chi connectivity index (χ3n) is 3.24.